The van der Waals surface area contributed by atoms with Crippen LogP contribution < -0.4 is 5.32 Å². The fraction of sp³-hybridized carbons (Fsp3) is 0.0714. The monoisotopic (exact) mass is 328 g/mol. The first-order chi connectivity index (χ1) is 10.3. The van der Waals surface area contributed by atoms with Crippen LogP contribution in [0.2, 0.25) is 5.02 Å². The van der Waals surface area contributed by atoms with Crippen molar-refractivity contribution >= 4 is 29.4 Å². The molecule has 5 nitrogen and oxygen atoms in total. The number of nitro benzene ring substituents is 1. The molecule has 8 heteroatoms. The van der Waals surface area contributed by atoms with Crippen molar-refractivity contribution < 1.29 is 18.5 Å². The molecule has 0 aliphatic heterocycles. The number of anilines is 1. The Kier molecular flexibility index (Phi) is 6.40. The number of nitrogens with zero attached hydrogens (tertiary/aromatic N) is 1. The molecule has 2 aromatic carbocycles. The molecule has 1 N–H and O–H groups in total. The van der Waals surface area contributed by atoms with E-state index in [4.69, 9.17) is 11.6 Å². The number of nitrogens with one attached hydrogen (secondary N) is 1. The van der Waals surface area contributed by atoms with Gasteiger partial charge in [-0.15, -0.1) is 0 Å². The summed E-state index contributed by atoms with van der Waals surface area (Å²) in [4.78, 5) is 19.3. The van der Waals surface area contributed by atoms with E-state index in [2.05, 4.69) is 5.32 Å². The Labute approximate surface area is 129 Å². The van der Waals surface area contributed by atoms with Crippen LogP contribution >= 0.6 is 11.6 Å². The minimum atomic E-state index is -0.929. The van der Waals surface area contributed by atoms with Crippen LogP contribution in [0, 0.1) is 28.7 Å². The Bertz CT molecular complexity index is 696. The maximum Gasteiger partial charge on any atom is 0.306 e. The SMILES string of the molecule is Cc1ccc(F)cc1Cl.O=CNc1ccc(F)c([N+](=O)[O-])c1. The van der Waals surface area contributed by atoms with E-state index in [9.17, 15) is 23.7 Å². The van der Waals surface area contributed by atoms with Gasteiger partial charge in [-0.3, -0.25) is 14.9 Å². The van der Waals surface area contributed by atoms with Crippen LogP contribution in [0.3, 0.4) is 0 Å². The van der Waals surface area contributed by atoms with E-state index in [1.807, 2.05) is 6.92 Å². The summed E-state index contributed by atoms with van der Waals surface area (Å²) < 4.78 is 25.0. The molecular formula is C14H11ClF2N2O3. The van der Waals surface area contributed by atoms with Gasteiger partial charge in [-0.1, -0.05) is 17.7 Å². The summed E-state index contributed by atoms with van der Waals surface area (Å²) in [6.45, 7) is 1.84. The topological polar surface area (TPSA) is 72.2 Å². The van der Waals surface area contributed by atoms with Gasteiger partial charge in [0.2, 0.25) is 12.2 Å². The van der Waals surface area contributed by atoms with Crippen molar-refractivity contribution in [2.24, 2.45) is 0 Å². The lowest BCUT2D eigenvalue weighted by Crippen LogP contribution is -1.97. The van der Waals surface area contributed by atoms with Gasteiger partial charge in [0.1, 0.15) is 5.82 Å². The molecule has 0 aliphatic rings. The summed E-state index contributed by atoms with van der Waals surface area (Å²) in [7, 11) is 0. The number of hydrogen-bond acceptors (Lipinski definition) is 3. The minimum Gasteiger partial charge on any atom is -0.328 e. The van der Waals surface area contributed by atoms with Crippen LogP contribution in [0.25, 0.3) is 0 Å². The maximum atomic E-state index is 12.7. The number of aryl methyl sites for hydroxylation is 1. The van der Waals surface area contributed by atoms with Crippen LogP contribution in [0.1, 0.15) is 5.56 Å². The van der Waals surface area contributed by atoms with Crippen molar-refractivity contribution in [2.45, 2.75) is 6.92 Å². The van der Waals surface area contributed by atoms with Gasteiger partial charge in [-0.05, 0) is 36.8 Å². The predicted molar refractivity (Wildman–Crippen MR) is 78.9 cm³/mol. The second-order valence-corrected chi connectivity index (χ2v) is 4.49. The number of amides is 1. The molecule has 0 heterocycles. The molecule has 0 aliphatic carbocycles. The van der Waals surface area contributed by atoms with Gasteiger partial charge in [0.05, 0.1) is 4.92 Å². The zero-order chi connectivity index (χ0) is 16.7. The first kappa shape index (κ1) is 17.5. The summed E-state index contributed by atoms with van der Waals surface area (Å²) in [5, 5.41) is 12.9. The molecule has 2 rings (SSSR count). The molecular weight excluding hydrogens is 318 g/mol. The summed E-state index contributed by atoms with van der Waals surface area (Å²) in [6, 6.07) is 7.44. The van der Waals surface area contributed by atoms with Crippen LogP contribution in [0.4, 0.5) is 20.2 Å². The van der Waals surface area contributed by atoms with Crippen LogP contribution in [-0.2, 0) is 4.79 Å². The first-order valence-electron chi connectivity index (χ1n) is 5.91. The van der Waals surface area contributed by atoms with Gasteiger partial charge in [-0.2, -0.15) is 4.39 Å². The normalized spacial score (nSPS) is 9.45. The lowest BCUT2D eigenvalue weighted by Gasteiger charge is -1.98. The Morgan fingerprint density at radius 3 is 2.41 bits per heavy atom. The van der Waals surface area contributed by atoms with E-state index in [0.29, 0.717) is 11.4 Å². The molecule has 22 heavy (non-hydrogen) atoms. The highest BCUT2D eigenvalue weighted by atomic mass is 35.5. The molecule has 2 aromatic rings. The van der Waals surface area contributed by atoms with Gasteiger partial charge >= 0.3 is 5.69 Å². The fourth-order valence-corrected chi connectivity index (χ4v) is 1.54. The Hall–Kier alpha value is -2.54. The van der Waals surface area contributed by atoms with E-state index in [1.165, 1.54) is 18.2 Å². The average molecular weight is 329 g/mol. The zero-order valence-electron chi connectivity index (χ0n) is 11.3. The number of halogens is 3. The highest BCUT2D eigenvalue weighted by Crippen LogP contribution is 2.20. The third-order valence-electron chi connectivity index (χ3n) is 2.50. The highest BCUT2D eigenvalue weighted by Gasteiger charge is 2.13. The second kappa shape index (κ2) is 8.04. The number of rotatable bonds is 3. The van der Waals surface area contributed by atoms with Crippen molar-refractivity contribution in [3.8, 4) is 0 Å². The molecule has 1 amide bonds. The van der Waals surface area contributed by atoms with E-state index in [0.717, 1.165) is 17.7 Å². The molecule has 0 radical (unpaired) electrons. The van der Waals surface area contributed by atoms with E-state index in [-0.39, 0.29) is 11.5 Å². The Morgan fingerprint density at radius 2 is 1.91 bits per heavy atom. The van der Waals surface area contributed by atoms with Crippen LogP contribution in [-0.4, -0.2) is 11.3 Å². The fourth-order valence-electron chi connectivity index (χ4n) is 1.38. The Morgan fingerprint density at radius 1 is 1.23 bits per heavy atom. The third kappa shape index (κ3) is 5.10. The van der Waals surface area contributed by atoms with E-state index in [1.54, 1.807) is 6.07 Å². The van der Waals surface area contributed by atoms with Crippen LogP contribution in [0.5, 0.6) is 0 Å². The molecule has 0 atom stereocenters. The lowest BCUT2D eigenvalue weighted by molar-refractivity contribution is -0.387. The molecule has 0 saturated heterocycles. The highest BCUT2D eigenvalue weighted by molar-refractivity contribution is 6.31. The third-order valence-corrected chi connectivity index (χ3v) is 2.91. The second-order valence-electron chi connectivity index (χ2n) is 4.08. The van der Waals surface area contributed by atoms with E-state index < -0.39 is 16.4 Å². The molecule has 0 fully saturated rings. The van der Waals surface area contributed by atoms with Crippen molar-refractivity contribution in [1.29, 1.82) is 0 Å². The van der Waals surface area contributed by atoms with Crippen molar-refractivity contribution in [3.63, 3.8) is 0 Å². The number of nitro groups is 1. The quantitative estimate of drug-likeness (QED) is 0.524. The van der Waals surface area contributed by atoms with Crippen molar-refractivity contribution in [2.75, 3.05) is 5.32 Å². The number of hydrogen-bond donors (Lipinski definition) is 1. The number of benzene rings is 2. The Balaban J connectivity index is 0.000000235. The van der Waals surface area contributed by atoms with Crippen molar-refractivity contribution in [1.82, 2.24) is 0 Å². The largest absolute Gasteiger partial charge is 0.328 e. The molecule has 0 aromatic heterocycles. The zero-order valence-corrected chi connectivity index (χ0v) is 12.1. The minimum absolute atomic E-state index is 0.183. The van der Waals surface area contributed by atoms with Crippen molar-refractivity contribution in [3.05, 3.63) is 68.7 Å². The van der Waals surface area contributed by atoms with Gasteiger partial charge < -0.3 is 5.32 Å². The molecule has 0 bridgehead atoms. The maximum absolute atomic E-state index is 12.7. The van der Waals surface area contributed by atoms with Gasteiger partial charge in [0, 0.05) is 16.8 Å². The molecule has 0 unspecified atom stereocenters. The van der Waals surface area contributed by atoms with Gasteiger partial charge in [0.25, 0.3) is 0 Å². The van der Waals surface area contributed by atoms with Crippen LogP contribution in [0.15, 0.2) is 36.4 Å². The predicted octanol–water partition coefficient (Wildman–Crippen LogP) is 4.09. The molecule has 0 spiro atoms. The number of carbonyl (C=O) groups is 1. The standard InChI is InChI=1S/C7H6ClF.C7H5FN2O3/c1-5-2-3-6(9)4-7(5)8;8-6-2-1-5(9-4-11)3-7(6)10(12)13/h2-4H,1H3;1-4H,(H,9,11). The summed E-state index contributed by atoms with van der Waals surface area (Å²) in [5.41, 5.74) is 0.424. The summed E-state index contributed by atoms with van der Waals surface area (Å²) in [5.74, 6) is -1.22. The molecule has 0 saturated carbocycles. The number of carbonyl (C=O) groups excluding carboxylic acids is 1. The lowest BCUT2D eigenvalue weighted by atomic mass is 10.2. The van der Waals surface area contributed by atoms with Gasteiger partial charge in [-0.25, -0.2) is 4.39 Å². The van der Waals surface area contributed by atoms with E-state index >= 15 is 0 Å². The average Bonchev–Trinajstić information content (AvgIpc) is 2.46. The van der Waals surface area contributed by atoms with Gasteiger partial charge in [0.15, 0.2) is 0 Å². The molecule has 116 valence electrons. The summed E-state index contributed by atoms with van der Waals surface area (Å²) >= 11 is 5.57. The summed E-state index contributed by atoms with van der Waals surface area (Å²) in [6.07, 6.45) is 0.358. The first-order valence-corrected chi connectivity index (χ1v) is 6.28. The smallest absolute Gasteiger partial charge is 0.306 e.